The highest BCUT2D eigenvalue weighted by Crippen LogP contribution is 2.44. The van der Waals surface area contributed by atoms with Crippen molar-refractivity contribution in [3.05, 3.63) is 48.6 Å². The lowest BCUT2D eigenvalue weighted by Crippen LogP contribution is -2.20. The third-order valence-corrected chi connectivity index (χ3v) is 3.15. The summed E-state index contributed by atoms with van der Waals surface area (Å²) in [6.45, 7) is 8.68. The summed E-state index contributed by atoms with van der Waals surface area (Å²) >= 11 is 0. The molecule has 0 fully saturated rings. The molecule has 1 unspecified atom stereocenters. The molecular weight excluding hydrogens is 198 g/mol. The van der Waals surface area contributed by atoms with E-state index in [1.165, 1.54) is 11.1 Å². The maximum atomic E-state index is 4.30. The Labute approximate surface area is 94.8 Å². The first-order valence-corrected chi connectivity index (χ1v) is 5.29. The van der Waals surface area contributed by atoms with Crippen LogP contribution >= 0.6 is 0 Å². The van der Waals surface area contributed by atoms with Gasteiger partial charge in [-0.1, -0.05) is 24.8 Å². The van der Waals surface area contributed by atoms with E-state index in [2.05, 4.69) is 34.4 Å². The monoisotopic (exact) mass is 211 g/mol. The Bertz CT molecular complexity index is 502. The van der Waals surface area contributed by atoms with E-state index in [1.54, 1.807) is 6.34 Å². The molecular formula is C13H13N3. The second-order valence-electron chi connectivity index (χ2n) is 3.96. The minimum atomic E-state index is 0.194. The van der Waals surface area contributed by atoms with Crippen molar-refractivity contribution in [3.8, 4) is 0 Å². The van der Waals surface area contributed by atoms with Gasteiger partial charge in [0.2, 0.25) is 0 Å². The first-order valence-electron chi connectivity index (χ1n) is 5.29. The Morgan fingerprint density at radius 1 is 1.50 bits per heavy atom. The topological polar surface area (TPSA) is 27.6 Å². The molecule has 1 aromatic rings. The van der Waals surface area contributed by atoms with Gasteiger partial charge in [0, 0.05) is 16.9 Å². The number of benzene rings is 1. The van der Waals surface area contributed by atoms with E-state index in [4.69, 9.17) is 0 Å². The first kappa shape index (κ1) is 9.21. The Morgan fingerprint density at radius 2 is 2.38 bits per heavy atom. The van der Waals surface area contributed by atoms with Crippen molar-refractivity contribution < 1.29 is 0 Å². The van der Waals surface area contributed by atoms with Crippen LogP contribution in [0.25, 0.3) is 5.70 Å². The van der Waals surface area contributed by atoms with E-state index in [0.29, 0.717) is 6.67 Å². The van der Waals surface area contributed by atoms with E-state index >= 15 is 0 Å². The summed E-state index contributed by atoms with van der Waals surface area (Å²) in [5, 5.41) is 3.19. The molecule has 1 aromatic carbocycles. The van der Waals surface area contributed by atoms with Gasteiger partial charge in [0.25, 0.3) is 0 Å². The highest BCUT2D eigenvalue weighted by Gasteiger charge is 2.32. The van der Waals surface area contributed by atoms with Gasteiger partial charge in [-0.05, 0) is 11.6 Å². The zero-order valence-electron chi connectivity index (χ0n) is 8.98. The van der Waals surface area contributed by atoms with Gasteiger partial charge in [0.15, 0.2) is 0 Å². The third-order valence-electron chi connectivity index (χ3n) is 3.15. The van der Waals surface area contributed by atoms with Crippen molar-refractivity contribution in [2.45, 2.75) is 6.04 Å². The van der Waals surface area contributed by atoms with Crippen molar-refractivity contribution in [2.75, 3.05) is 12.0 Å². The summed E-state index contributed by atoms with van der Waals surface area (Å²) in [5.74, 6) is 0. The predicted molar refractivity (Wildman–Crippen MR) is 67.2 cm³/mol. The molecule has 2 bridgehead atoms. The fourth-order valence-electron chi connectivity index (χ4n) is 2.41. The van der Waals surface area contributed by atoms with Crippen LogP contribution in [0.3, 0.4) is 0 Å². The molecule has 16 heavy (non-hydrogen) atoms. The summed E-state index contributed by atoms with van der Waals surface area (Å²) < 4.78 is 0. The highest BCUT2D eigenvalue weighted by atomic mass is 15.3. The van der Waals surface area contributed by atoms with Crippen molar-refractivity contribution in [2.24, 2.45) is 4.99 Å². The van der Waals surface area contributed by atoms with E-state index < -0.39 is 0 Å². The number of fused-ring (bicyclic) bond motifs is 1. The third kappa shape index (κ3) is 1.05. The molecule has 0 saturated carbocycles. The van der Waals surface area contributed by atoms with Gasteiger partial charge in [-0.15, -0.1) is 6.58 Å². The maximum absolute atomic E-state index is 4.30. The largest absolute Gasteiger partial charge is 0.346 e. The molecule has 2 aliphatic rings. The average molecular weight is 211 g/mol. The van der Waals surface area contributed by atoms with Gasteiger partial charge in [0.05, 0.1) is 12.4 Å². The van der Waals surface area contributed by atoms with Crippen molar-refractivity contribution >= 4 is 17.7 Å². The SMILES string of the molecule is C=CC1c2cccc3c2C(=C)N1CN=CN3. The number of rotatable bonds is 1. The smallest absolute Gasteiger partial charge is 0.112 e. The summed E-state index contributed by atoms with van der Waals surface area (Å²) in [6, 6.07) is 6.42. The first-order chi connectivity index (χ1) is 7.83. The normalized spacial score (nSPS) is 21.4. The molecule has 0 saturated heterocycles. The second-order valence-corrected chi connectivity index (χ2v) is 3.96. The van der Waals surface area contributed by atoms with E-state index in [1.807, 2.05) is 18.2 Å². The molecule has 0 radical (unpaired) electrons. The average Bonchev–Trinajstić information content (AvgIpc) is 2.58. The van der Waals surface area contributed by atoms with Crippen LogP contribution in [0.1, 0.15) is 17.2 Å². The van der Waals surface area contributed by atoms with Gasteiger partial charge in [-0.2, -0.15) is 0 Å². The van der Waals surface area contributed by atoms with Crippen LogP contribution in [0.4, 0.5) is 5.69 Å². The van der Waals surface area contributed by atoms with Crippen LogP contribution in [-0.4, -0.2) is 17.9 Å². The Kier molecular flexibility index (Phi) is 1.86. The fourth-order valence-corrected chi connectivity index (χ4v) is 2.41. The molecule has 3 heteroatoms. The van der Waals surface area contributed by atoms with Gasteiger partial charge in [-0.3, -0.25) is 4.99 Å². The van der Waals surface area contributed by atoms with Gasteiger partial charge < -0.3 is 10.2 Å². The summed E-state index contributed by atoms with van der Waals surface area (Å²) in [6.07, 6.45) is 3.69. The second kappa shape index (κ2) is 3.23. The summed E-state index contributed by atoms with van der Waals surface area (Å²) in [5.41, 5.74) is 4.55. The zero-order chi connectivity index (χ0) is 11.1. The molecule has 0 aromatic heterocycles. The maximum Gasteiger partial charge on any atom is 0.112 e. The Hall–Kier alpha value is -2.03. The molecule has 80 valence electrons. The molecule has 2 heterocycles. The molecule has 0 amide bonds. The van der Waals surface area contributed by atoms with Crippen LogP contribution < -0.4 is 5.32 Å². The van der Waals surface area contributed by atoms with Crippen LogP contribution in [-0.2, 0) is 0 Å². The van der Waals surface area contributed by atoms with E-state index in [0.717, 1.165) is 11.4 Å². The van der Waals surface area contributed by atoms with Crippen LogP contribution in [0.5, 0.6) is 0 Å². The van der Waals surface area contributed by atoms with Crippen LogP contribution in [0.2, 0.25) is 0 Å². The summed E-state index contributed by atoms with van der Waals surface area (Å²) in [7, 11) is 0. The summed E-state index contributed by atoms with van der Waals surface area (Å²) in [4.78, 5) is 6.47. The van der Waals surface area contributed by atoms with Crippen molar-refractivity contribution in [1.82, 2.24) is 4.90 Å². The van der Waals surface area contributed by atoms with Crippen molar-refractivity contribution in [1.29, 1.82) is 0 Å². The van der Waals surface area contributed by atoms with E-state index in [-0.39, 0.29) is 6.04 Å². The molecule has 3 nitrogen and oxygen atoms in total. The fraction of sp³-hybridized carbons (Fsp3) is 0.154. The standard InChI is InChI=1S/C13H13N3/c1-3-12-10-5-4-6-11-13(10)9(2)16(12)8-14-7-15-11/h3-7,12H,1-2,8H2,(H,14,15). The minimum Gasteiger partial charge on any atom is -0.346 e. The molecule has 2 aliphatic heterocycles. The number of nitrogens with zero attached hydrogens (tertiary/aromatic N) is 2. The van der Waals surface area contributed by atoms with Gasteiger partial charge >= 0.3 is 0 Å². The molecule has 0 aliphatic carbocycles. The Balaban J connectivity index is 2.29. The number of anilines is 1. The number of aliphatic imine (C=N–C) groups is 1. The van der Waals surface area contributed by atoms with E-state index in [9.17, 15) is 0 Å². The lowest BCUT2D eigenvalue weighted by molar-refractivity contribution is 0.377. The molecule has 3 rings (SSSR count). The zero-order valence-corrected chi connectivity index (χ0v) is 8.98. The van der Waals surface area contributed by atoms with Crippen LogP contribution in [0, 0.1) is 0 Å². The molecule has 1 N–H and O–H groups in total. The Morgan fingerprint density at radius 3 is 3.19 bits per heavy atom. The lowest BCUT2D eigenvalue weighted by Gasteiger charge is -2.24. The lowest BCUT2D eigenvalue weighted by atomic mass is 10.0. The van der Waals surface area contributed by atoms with Crippen LogP contribution in [0.15, 0.2) is 42.4 Å². The number of hydrogen-bond donors (Lipinski definition) is 1. The molecule has 1 atom stereocenters. The highest BCUT2D eigenvalue weighted by molar-refractivity contribution is 5.88. The van der Waals surface area contributed by atoms with Gasteiger partial charge in [0.1, 0.15) is 6.67 Å². The molecule has 0 spiro atoms. The minimum absolute atomic E-state index is 0.194. The predicted octanol–water partition coefficient (Wildman–Crippen LogP) is 2.61. The van der Waals surface area contributed by atoms with Crippen molar-refractivity contribution in [3.63, 3.8) is 0 Å². The quantitative estimate of drug-likeness (QED) is 0.723. The number of hydrogen-bond acceptors (Lipinski definition) is 3. The van der Waals surface area contributed by atoms with Gasteiger partial charge in [-0.25, -0.2) is 0 Å². The number of nitrogens with one attached hydrogen (secondary N) is 1.